The van der Waals surface area contributed by atoms with Gasteiger partial charge in [0.2, 0.25) is 5.13 Å². The van der Waals surface area contributed by atoms with Crippen molar-refractivity contribution in [3.8, 4) is 0 Å². The van der Waals surface area contributed by atoms with Crippen LogP contribution in [0.4, 0.5) is 15.6 Å². The zero-order chi connectivity index (χ0) is 16.2. The van der Waals surface area contributed by atoms with E-state index in [9.17, 15) is 4.79 Å². The molecule has 1 N–H and O–H groups in total. The van der Waals surface area contributed by atoms with Gasteiger partial charge in [-0.05, 0) is 31.9 Å². The third-order valence-corrected chi connectivity index (χ3v) is 4.61. The normalized spacial score (nSPS) is 15.4. The van der Waals surface area contributed by atoms with Crippen LogP contribution in [0.2, 0.25) is 0 Å². The summed E-state index contributed by atoms with van der Waals surface area (Å²) in [6.45, 7) is 7.11. The maximum absolute atomic E-state index is 12.4. The molecule has 0 aromatic carbocycles. The predicted molar refractivity (Wildman–Crippen MR) is 91.0 cm³/mol. The number of carbonyl (C=O) groups is 1. The molecular formula is C15H20N6OS. The second-order valence-electron chi connectivity index (χ2n) is 5.55. The van der Waals surface area contributed by atoms with Gasteiger partial charge in [0, 0.05) is 44.3 Å². The van der Waals surface area contributed by atoms with Crippen molar-refractivity contribution in [1.29, 1.82) is 0 Å². The van der Waals surface area contributed by atoms with Crippen molar-refractivity contribution in [2.45, 2.75) is 20.3 Å². The summed E-state index contributed by atoms with van der Waals surface area (Å²) in [6.07, 6.45) is 4.63. The van der Waals surface area contributed by atoms with Crippen LogP contribution in [0.3, 0.4) is 0 Å². The van der Waals surface area contributed by atoms with Gasteiger partial charge in [-0.25, -0.2) is 4.79 Å². The number of nitrogens with one attached hydrogen (secondary N) is 1. The molecule has 1 saturated heterocycles. The van der Waals surface area contributed by atoms with E-state index in [2.05, 4.69) is 32.3 Å². The van der Waals surface area contributed by atoms with Crippen LogP contribution in [0, 0.1) is 13.8 Å². The van der Waals surface area contributed by atoms with Crippen molar-refractivity contribution in [2.24, 2.45) is 0 Å². The minimum atomic E-state index is -0.102. The standard InChI is InChI=1S/C15H20N6OS/c1-11-10-16-5-4-13(11)20-6-3-7-21(9-8-20)15(22)17-14-19-18-12(2)23-14/h4-5,10H,3,6-9H2,1-2H3,(H,17,19,22). The Morgan fingerprint density at radius 1 is 1.22 bits per heavy atom. The summed E-state index contributed by atoms with van der Waals surface area (Å²) in [5.74, 6) is 0. The molecule has 122 valence electrons. The van der Waals surface area contributed by atoms with Gasteiger partial charge in [0.05, 0.1) is 0 Å². The van der Waals surface area contributed by atoms with Gasteiger partial charge in [0.15, 0.2) is 0 Å². The summed E-state index contributed by atoms with van der Waals surface area (Å²) in [5.41, 5.74) is 2.36. The first-order chi connectivity index (χ1) is 11.1. The van der Waals surface area contributed by atoms with Gasteiger partial charge < -0.3 is 9.80 Å². The third-order valence-electron chi connectivity index (χ3n) is 3.85. The van der Waals surface area contributed by atoms with E-state index in [1.165, 1.54) is 17.0 Å². The van der Waals surface area contributed by atoms with Crippen LogP contribution in [-0.2, 0) is 0 Å². The van der Waals surface area contributed by atoms with Gasteiger partial charge in [-0.15, -0.1) is 10.2 Å². The molecule has 8 heteroatoms. The van der Waals surface area contributed by atoms with Crippen LogP contribution in [0.15, 0.2) is 18.5 Å². The maximum atomic E-state index is 12.4. The summed E-state index contributed by atoms with van der Waals surface area (Å²) < 4.78 is 0. The predicted octanol–water partition coefficient (Wildman–Crippen LogP) is 2.29. The Morgan fingerprint density at radius 3 is 2.83 bits per heavy atom. The Balaban J connectivity index is 1.62. The topological polar surface area (TPSA) is 74.2 Å². The summed E-state index contributed by atoms with van der Waals surface area (Å²) >= 11 is 1.39. The fraction of sp³-hybridized carbons (Fsp3) is 0.467. The summed E-state index contributed by atoms with van der Waals surface area (Å²) in [7, 11) is 0. The summed E-state index contributed by atoms with van der Waals surface area (Å²) in [4.78, 5) is 20.7. The lowest BCUT2D eigenvalue weighted by molar-refractivity contribution is 0.215. The Labute approximate surface area is 139 Å². The number of carbonyl (C=O) groups excluding carboxylic acids is 1. The molecule has 1 aliphatic rings. The van der Waals surface area contributed by atoms with E-state index >= 15 is 0 Å². The molecule has 0 aliphatic carbocycles. The van der Waals surface area contributed by atoms with E-state index in [1.54, 1.807) is 0 Å². The number of hydrogen-bond donors (Lipinski definition) is 1. The average Bonchev–Trinajstić information content (AvgIpc) is 2.80. The molecule has 0 bridgehead atoms. The fourth-order valence-electron chi connectivity index (χ4n) is 2.70. The highest BCUT2D eigenvalue weighted by atomic mass is 32.1. The smallest absolute Gasteiger partial charge is 0.323 e. The van der Waals surface area contributed by atoms with Crippen molar-refractivity contribution >= 4 is 28.2 Å². The first kappa shape index (κ1) is 15.7. The Kier molecular flexibility index (Phi) is 4.71. The highest BCUT2D eigenvalue weighted by Gasteiger charge is 2.20. The number of amides is 2. The lowest BCUT2D eigenvalue weighted by Crippen LogP contribution is -2.38. The van der Waals surface area contributed by atoms with E-state index in [0.29, 0.717) is 11.7 Å². The molecule has 2 amide bonds. The molecule has 0 radical (unpaired) electrons. The number of aromatic nitrogens is 3. The van der Waals surface area contributed by atoms with Crippen molar-refractivity contribution in [2.75, 3.05) is 36.4 Å². The van der Waals surface area contributed by atoms with Gasteiger partial charge in [0.25, 0.3) is 0 Å². The van der Waals surface area contributed by atoms with Crippen LogP contribution in [0.25, 0.3) is 0 Å². The minimum absolute atomic E-state index is 0.102. The van der Waals surface area contributed by atoms with Crippen LogP contribution >= 0.6 is 11.3 Å². The van der Waals surface area contributed by atoms with E-state index < -0.39 is 0 Å². The zero-order valence-electron chi connectivity index (χ0n) is 13.3. The third kappa shape index (κ3) is 3.76. The molecule has 3 rings (SSSR count). The monoisotopic (exact) mass is 332 g/mol. The van der Waals surface area contributed by atoms with Gasteiger partial charge in [-0.2, -0.15) is 0 Å². The molecular weight excluding hydrogens is 312 g/mol. The van der Waals surface area contributed by atoms with Crippen LogP contribution in [0.5, 0.6) is 0 Å². The van der Waals surface area contributed by atoms with E-state index in [-0.39, 0.29) is 6.03 Å². The van der Waals surface area contributed by atoms with E-state index in [1.807, 2.05) is 30.3 Å². The first-order valence-electron chi connectivity index (χ1n) is 7.65. The van der Waals surface area contributed by atoms with Crippen molar-refractivity contribution in [3.05, 3.63) is 29.0 Å². The van der Waals surface area contributed by atoms with Crippen molar-refractivity contribution in [1.82, 2.24) is 20.1 Å². The van der Waals surface area contributed by atoms with Gasteiger partial charge in [0.1, 0.15) is 5.01 Å². The largest absolute Gasteiger partial charge is 0.369 e. The molecule has 2 aromatic heterocycles. The molecule has 0 saturated carbocycles. The minimum Gasteiger partial charge on any atom is -0.369 e. The van der Waals surface area contributed by atoms with Crippen molar-refractivity contribution < 1.29 is 4.79 Å². The second-order valence-corrected chi connectivity index (χ2v) is 6.73. The SMILES string of the molecule is Cc1nnc(NC(=O)N2CCCN(c3ccncc3C)CC2)s1. The molecule has 7 nitrogen and oxygen atoms in total. The Hall–Kier alpha value is -2.22. The molecule has 0 unspecified atom stereocenters. The van der Waals surface area contributed by atoms with Crippen molar-refractivity contribution in [3.63, 3.8) is 0 Å². The summed E-state index contributed by atoms with van der Waals surface area (Å²) in [6, 6.07) is 1.93. The number of nitrogens with zero attached hydrogens (tertiary/aromatic N) is 5. The fourth-order valence-corrected chi connectivity index (χ4v) is 3.28. The van der Waals surface area contributed by atoms with Gasteiger partial charge >= 0.3 is 6.03 Å². The van der Waals surface area contributed by atoms with E-state index in [4.69, 9.17) is 0 Å². The number of anilines is 2. The number of urea groups is 1. The highest BCUT2D eigenvalue weighted by Crippen LogP contribution is 2.20. The van der Waals surface area contributed by atoms with Gasteiger partial charge in [-0.3, -0.25) is 10.3 Å². The number of rotatable bonds is 2. The molecule has 0 spiro atoms. The molecule has 1 fully saturated rings. The average molecular weight is 332 g/mol. The first-order valence-corrected chi connectivity index (χ1v) is 8.47. The Bertz CT molecular complexity index is 688. The highest BCUT2D eigenvalue weighted by molar-refractivity contribution is 7.15. The Morgan fingerprint density at radius 2 is 2.09 bits per heavy atom. The molecule has 3 heterocycles. The second kappa shape index (κ2) is 6.91. The molecule has 2 aromatic rings. The molecule has 1 aliphatic heterocycles. The number of pyridine rings is 1. The zero-order valence-corrected chi connectivity index (χ0v) is 14.1. The van der Waals surface area contributed by atoms with Crippen LogP contribution < -0.4 is 10.2 Å². The van der Waals surface area contributed by atoms with Crippen LogP contribution in [-0.4, -0.2) is 52.3 Å². The lowest BCUT2D eigenvalue weighted by Gasteiger charge is -2.24. The molecule has 0 atom stereocenters. The van der Waals surface area contributed by atoms with Crippen LogP contribution in [0.1, 0.15) is 17.0 Å². The van der Waals surface area contributed by atoms with Gasteiger partial charge in [-0.1, -0.05) is 11.3 Å². The maximum Gasteiger partial charge on any atom is 0.323 e. The van der Waals surface area contributed by atoms with E-state index in [0.717, 1.165) is 36.6 Å². The number of aryl methyl sites for hydroxylation is 2. The molecule has 23 heavy (non-hydrogen) atoms. The lowest BCUT2D eigenvalue weighted by atomic mass is 10.2. The summed E-state index contributed by atoms with van der Waals surface area (Å²) in [5, 5.41) is 12.1. The number of hydrogen-bond acceptors (Lipinski definition) is 6. The quantitative estimate of drug-likeness (QED) is 0.913.